The van der Waals surface area contributed by atoms with Crippen LogP contribution in [0.15, 0.2) is 24.3 Å². The lowest BCUT2D eigenvalue weighted by molar-refractivity contribution is 0.241. The molecular weight excluding hydrogens is 258 g/mol. The molecule has 0 amide bonds. The molecule has 3 atom stereocenters. The maximum absolute atomic E-state index is 5.80. The zero-order valence-corrected chi connectivity index (χ0v) is 14.1. The molecule has 2 nitrogen and oxygen atoms in total. The van der Waals surface area contributed by atoms with Gasteiger partial charge in [0.25, 0.3) is 0 Å². The molecule has 1 aliphatic carbocycles. The van der Waals surface area contributed by atoms with E-state index in [9.17, 15) is 0 Å². The van der Waals surface area contributed by atoms with Gasteiger partial charge in [0.2, 0.25) is 0 Å². The number of benzene rings is 1. The summed E-state index contributed by atoms with van der Waals surface area (Å²) < 4.78 is 5.80. The monoisotopic (exact) mass is 289 g/mol. The zero-order valence-electron chi connectivity index (χ0n) is 14.1. The first-order valence-corrected chi connectivity index (χ1v) is 8.61. The van der Waals surface area contributed by atoms with E-state index in [0.29, 0.717) is 12.1 Å². The average Bonchev–Trinajstić information content (AvgIpc) is 2.47. The van der Waals surface area contributed by atoms with Crippen molar-refractivity contribution in [3.8, 4) is 5.75 Å². The normalized spacial score (nSPS) is 24.0. The van der Waals surface area contributed by atoms with Crippen LogP contribution in [0.25, 0.3) is 0 Å². The first-order valence-electron chi connectivity index (χ1n) is 8.61. The second-order valence-electron chi connectivity index (χ2n) is 6.77. The third-order valence-electron chi connectivity index (χ3n) is 4.58. The molecule has 0 saturated heterocycles. The SMILES string of the molecule is CCC1CCCC(NC(C)c2cccc(OC(C)C)c2)C1. The van der Waals surface area contributed by atoms with Crippen molar-refractivity contribution in [1.82, 2.24) is 5.32 Å². The van der Waals surface area contributed by atoms with Crippen LogP contribution < -0.4 is 10.1 Å². The predicted molar refractivity (Wildman–Crippen MR) is 89.8 cm³/mol. The highest BCUT2D eigenvalue weighted by molar-refractivity contribution is 5.30. The molecule has 118 valence electrons. The Balaban J connectivity index is 1.94. The van der Waals surface area contributed by atoms with Crippen molar-refractivity contribution in [3.63, 3.8) is 0 Å². The van der Waals surface area contributed by atoms with Crippen LogP contribution in [0.3, 0.4) is 0 Å². The lowest BCUT2D eigenvalue weighted by atomic mass is 9.84. The molecule has 1 aromatic carbocycles. The highest BCUT2D eigenvalue weighted by Gasteiger charge is 2.22. The van der Waals surface area contributed by atoms with Gasteiger partial charge in [-0.2, -0.15) is 0 Å². The van der Waals surface area contributed by atoms with E-state index in [2.05, 4.69) is 51.2 Å². The minimum atomic E-state index is 0.229. The summed E-state index contributed by atoms with van der Waals surface area (Å²) >= 11 is 0. The van der Waals surface area contributed by atoms with E-state index < -0.39 is 0 Å². The molecule has 0 aromatic heterocycles. The molecule has 0 spiro atoms. The molecule has 0 aliphatic heterocycles. The Bertz CT molecular complexity index is 429. The maximum Gasteiger partial charge on any atom is 0.120 e. The van der Waals surface area contributed by atoms with Gasteiger partial charge in [-0.05, 0) is 57.2 Å². The average molecular weight is 289 g/mol. The molecule has 2 rings (SSSR count). The van der Waals surface area contributed by atoms with Crippen molar-refractivity contribution < 1.29 is 4.74 Å². The summed E-state index contributed by atoms with van der Waals surface area (Å²) in [6, 6.07) is 9.59. The fourth-order valence-electron chi connectivity index (χ4n) is 3.39. The molecule has 1 aliphatic rings. The number of hydrogen-bond donors (Lipinski definition) is 1. The van der Waals surface area contributed by atoms with Crippen LogP contribution in [0.5, 0.6) is 5.75 Å². The van der Waals surface area contributed by atoms with Gasteiger partial charge in [-0.15, -0.1) is 0 Å². The highest BCUT2D eigenvalue weighted by Crippen LogP contribution is 2.28. The third kappa shape index (κ3) is 5.03. The van der Waals surface area contributed by atoms with Crippen LogP contribution in [-0.4, -0.2) is 12.1 Å². The largest absolute Gasteiger partial charge is 0.491 e. The first-order chi connectivity index (χ1) is 10.1. The molecule has 0 heterocycles. The maximum atomic E-state index is 5.80. The van der Waals surface area contributed by atoms with Crippen LogP contribution in [-0.2, 0) is 0 Å². The standard InChI is InChI=1S/C19H31NO/c1-5-16-8-6-10-18(12-16)20-15(4)17-9-7-11-19(13-17)21-14(2)3/h7,9,11,13-16,18,20H,5-6,8,10,12H2,1-4H3. The second kappa shape index (κ2) is 7.84. The lowest BCUT2D eigenvalue weighted by Crippen LogP contribution is -2.35. The molecule has 1 saturated carbocycles. The molecule has 1 N–H and O–H groups in total. The zero-order chi connectivity index (χ0) is 15.2. The van der Waals surface area contributed by atoms with Crippen LogP contribution >= 0.6 is 0 Å². The van der Waals surface area contributed by atoms with Crippen molar-refractivity contribution >= 4 is 0 Å². The molecule has 3 unspecified atom stereocenters. The molecule has 21 heavy (non-hydrogen) atoms. The predicted octanol–water partition coefficient (Wildman–Crippen LogP) is 5.09. The van der Waals surface area contributed by atoms with E-state index >= 15 is 0 Å². The number of hydrogen-bond acceptors (Lipinski definition) is 2. The summed E-state index contributed by atoms with van der Waals surface area (Å²) in [7, 11) is 0. The van der Waals surface area contributed by atoms with Crippen molar-refractivity contribution in [3.05, 3.63) is 29.8 Å². The fourth-order valence-corrected chi connectivity index (χ4v) is 3.39. The number of ether oxygens (including phenoxy) is 1. The molecule has 2 heteroatoms. The molecule has 1 aromatic rings. The summed E-state index contributed by atoms with van der Waals surface area (Å²) in [6.07, 6.45) is 7.00. The molecule has 0 radical (unpaired) electrons. The van der Waals surface area contributed by atoms with Crippen molar-refractivity contribution in [2.24, 2.45) is 5.92 Å². The Kier molecular flexibility index (Phi) is 6.10. The van der Waals surface area contributed by atoms with Crippen LogP contribution in [0.1, 0.15) is 71.4 Å². The topological polar surface area (TPSA) is 21.3 Å². The summed E-state index contributed by atoms with van der Waals surface area (Å²) in [6.45, 7) is 8.73. The van der Waals surface area contributed by atoms with Gasteiger partial charge in [0, 0.05) is 12.1 Å². The van der Waals surface area contributed by atoms with E-state index in [0.717, 1.165) is 11.7 Å². The van der Waals surface area contributed by atoms with Gasteiger partial charge >= 0.3 is 0 Å². The van der Waals surface area contributed by atoms with Gasteiger partial charge in [0.15, 0.2) is 0 Å². The third-order valence-corrected chi connectivity index (χ3v) is 4.58. The smallest absolute Gasteiger partial charge is 0.120 e. The summed E-state index contributed by atoms with van der Waals surface area (Å²) in [5.41, 5.74) is 1.33. The number of rotatable bonds is 6. The summed E-state index contributed by atoms with van der Waals surface area (Å²) in [5, 5.41) is 3.82. The molecule has 1 fully saturated rings. The van der Waals surface area contributed by atoms with Crippen LogP contribution in [0, 0.1) is 5.92 Å². The highest BCUT2D eigenvalue weighted by atomic mass is 16.5. The molecular formula is C19H31NO. The van der Waals surface area contributed by atoms with E-state index in [4.69, 9.17) is 4.74 Å². The summed E-state index contributed by atoms with van der Waals surface area (Å²) in [5.74, 6) is 1.89. The van der Waals surface area contributed by atoms with Gasteiger partial charge in [-0.25, -0.2) is 0 Å². The van der Waals surface area contributed by atoms with Gasteiger partial charge < -0.3 is 10.1 Å². The quantitative estimate of drug-likeness (QED) is 0.787. The first kappa shape index (κ1) is 16.4. The summed E-state index contributed by atoms with van der Waals surface area (Å²) in [4.78, 5) is 0. The minimum absolute atomic E-state index is 0.229. The minimum Gasteiger partial charge on any atom is -0.491 e. The van der Waals surface area contributed by atoms with Crippen molar-refractivity contribution in [2.45, 2.75) is 78.0 Å². The molecule has 0 bridgehead atoms. The van der Waals surface area contributed by atoms with Crippen LogP contribution in [0.2, 0.25) is 0 Å². The lowest BCUT2D eigenvalue weighted by Gasteiger charge is -2.31. The van der Waals surface area contributed by atoms with Gasteiger partial charge in [-0.3, -0.25) is 0 Å². The number of nitrogens with one attached hydrogen (secondary N) is 1. The second-order valence-corrected chi connectivity index (χ2v) is 6.77. The van der Waals surface area contributed by atoms with E-state index in [1.165, 1.54) is 37.7 Å². The fraction of sp³-hybridized carbons (Fsp3) is 0.684. The van der Waals surface area contributed by atoms with Crippen molar-refractivity contribution in [1.29, 1.82) is 0 Å². The van der Waals surface area contributed by atoms with E-state index in [-0.39, 0.29) is 6.10 Å². The Morgan fingerprint density at radius 2 is 2.05 bits per heavy atom. The van der Waals surface area contributed by atoms with Crippen LogP contribution in [0.4, 0.5) is 0 Å². The van der Waals surface area contributed by atoms with Gasteiger partial charge in [-0.1, -0.05) is 38.3 Å². The van der Waals surface area contributed by atoms with E-state index in [1.54, 1.807) is 0 Å². The van der Waals surface area contributed by atoms with E-state index in [1.807, 2.05) is 6.07 Å². The van der Waals surface area contributed by atoms with Crippen molar-refractivity contribution in [2.75, 3.05) is 0 Å². The Morgan fingerprint density at radius 3 is 2.76 bits per heavy atom. The Hall–Kier alpha value is -1.02. The van der Waals surface area contributed by atoms with Gasteiger partial charge in [0.1, 0.15) is 5.75 Å². The Morgan fingerprint density at radius 1 is 1.24 bits per heavy atom. The Labute approximate surface area is 130 Å². The van der Waals surface area contributed by atoms with Gasteiger partial charge in [0.05, 0.1) is 6.10 Å².